The van der Waals surface area contributed by atoms with Crippen LogP contribution in [-0.4, -0.2) is 18.8 Å². The summed E-state index contributed by atoms with van der Waals surface area (Å²) in [5.74, 6) is 0. The second kappa shape index (κ2) is 5.44. The number of nitrogens with two attached hydrogens (primary N) is 1. The van der Waals surface area contributed by atoms with E-state index >= 15 is 0 Å². The van der Waals surface area contributed by atoms with Crippen LogP contribution in [0.2, 0.25) is 0 Å². The number of rotatable bonds is 5. The zero-order valence-electron chi connectivity index (χ0n) is 11.8. The molecule has 6 heteroatoms. The predicted molar refractivity (Wildman–Crippen MR) is 85.7 cm³/mol. The van der Waals surface area contributed by atoms with Crippen LogP contribution in [0.15, 0.2) is 39.9 Å². The van der Waals surface area contributed by atoms with Crippen LogP contribution >= 0.6 is 11.3 Å². The molecule has 112 valence electrons. The Morgan fingerprint density at radius 3 is 2.67 bits per heavy atom. The van der Waals surface area contributed by atoms with Crippen molar-refractivity contribution >= 4 is 27.0 Å². The molecule has 2 N–H and O–H groups in total. The molecule has 1 aliphatic rings. The predicted octanol–water partition coefficient (Wildman–Crippen LogP) is 2.99. The molecule has 0 unspecified atom stereocenters. The van der Waals surface area contributed by atoms with Gasteiger partial charge in [-0.2, -0.15) is 15.6 Å². The molecule has 1 heterocycles. The van der Waals surface area contributed by atoms with E-state index in [-0.39, 0.29) is 6.04 Å². The smallest absolute Gasteiger partial charge is 0.243 e. The molecular formula is C15H18N2O2S2. The number of hydrogen-bond acceptors (Lipinski definition) is 4. The summed E-state index contributed by atoms with van der Waals surface area (Å²) < 4.78 is 27.6. The highest BCUT2D eigenvalue weighted by Gasteiger charge is 2.38. The lowest BCUT2D eigenvalue weighted by Gasteiger charge is -2.22. The maximum absolute atomic E-state index is 13.0. The highest BCUT2D eigenvalue weighted by atomic mass is 32.2. The molecule has 1 aliphatic carbocycles. The van der Waals surface area contributed by atoms with Gasteiger partial charge in [-0.25, -0.2) is 8.42 Å². The van der Waals surface area contributed by atoms with Gasteiger partial charge in [0.05, 0.1) is 4.90 Å². The van der Waals surface area contributed by atoms with Gasteiger partial charge in [0.2, 0.25) is 10.0 Å². The Morgan fingerprint density at radius 2 is 2.10 bits per heavy atom. The zero-order chi connectivity index (χ0) is 15.0. The van der Waals surface area contributed by atoms with Crippen LogP contribution in [0.25, 0.3) is 0 Å². The summed E-state index contributed by atoms with van der Waals surface area (Å²) in [6, 6.07) is 7.08. The fraction of sp³-hybridized carbons (Fsp3) is 0.333. The molecule has 21 heavy (non-hydrogen) atoms. The SMILES string of the molecule is Cc1cc(N)ccc1S(=O)(=O)N(Cc1ccsc1)C1CC1. The normalized spacial score (nSPS) is 15.5. The first-order valence-electron chi connectivity index (χ1n) is 6.87. The number of anilines is 1. The van der Waals surface area contributed by atoms with Crippen molar-refractivity contribution in [1.29, 1.82) is 0 Å². The number of sulfonamides is 1. The van der Waals surface area contributed by atoms with E-state index in [1.165, 1.54) is 0 Å². The molecule has 0 radical (unpaired) electrons. The molecule has 1 fully saturated rings. The van der Waals surface area contributed by atoms with E-state index < -0.39 is 10.0 Å². The Balaban J connectivity index is 1.97. The second-order valence-corrected chi connectivity index (χ2v) is 8.08. The van der Waals surface area contributed by atoms with E-state index in [2.05, 4.69) is 0 Å². The number of nitrogen functional groups attached to an aromatic ring is 1. The Bertz CT molecular complexity index is 735. The van der Waals surface area contributed by atoms with Crippen molar-refractivity contribution in [3.05, 3.63) is 46.2 Å². The van der Waals surface area contributed by atoms with E-state index in [9.17, 15) is 8.42 Å². The molecule has 4 nitrogen and oxygen atoms in total. The lowest BCUT2D eigenvalue weighted by Crippen LogP contribution is -2.33. The van der Waals surface area contributed by atoms with Gasteiger partial charge in [0.1, 0.15) is 0 Å². The molecule has 3 rings (SSSR count). The maximum Gasteiger partial charge on any atom is 0.243 e. The van der Waals surface area contributed by atoms with Crippen LogP contribution in [0, 0.1) is 6.92 Å². The molecule has 0 bridgehead atoms. The maximum atomic E-state index is 13.0. The van der Waals surface area contributed by atoms with Crippen molar-refractivity contribution in [2.24, 2.45) is 0 Å². The molecule has 0 atom stereocenters. The number of hydrogen-bond donors (Lipinski definition) is 1. The fourth-order valence-electron chi connectivity index (χ4n) is 2.42. The number of aryl methyl sites for hydroxylation is 1. The van der Waals surface area contributed by atoms with Gasteiger partial charge >= 0.3 is 0 Å². The van der Waals surface area contributed by atoms with E-state index in [1.54, 1.807) is 40.8 Å². The van der Waals surface area contributed by atoms with Gasteiger partial charge in [0.15, 0.2) is 0 Å². The zero-order valence-corrected chi connectivity index (χ0v) is 13.5. The van der Waals surface area contributed by atoms with Crippen molar-refractivity contribution < 1.29 is 8.42 Å². The highest BCUT2D eigenvalue weighted by molar-refractivity contribution is 7.89. The standard InChI is InChI=1S/C15H18N2O2S2/c1-11-8-13(16)2-5-15(11)21(18,19)17(14-3-4-14)9-12-6-7-20-10-12/h2,5-8,10,14H,3-4,9,16H2,1H3. The molecule has 1 aromatic carbocycles. The summed E-state index contributed by atoms with van der Waals surface area (Å²) in [6.07, 6.45) is 1.88. The molecule has 0 amide bonds. The van der Waals surface area contributed by atoms with Crippen molar-refractivity contribution in [3.63, 3.8) is 0 Å². The van der Waals surface area contributed by atoms with Crippen LogP contribution in [0.3, 0.4) is 0 Å². The van der Waals surface area contributed by atoms with Gasteiger partial charge in [-0.1, -0.05) is 0 Å². The average Bonchev–Trinajstić information content (AvgIpc) is 3.11. The van der Waals surface area contributed by atoms with E-state index in [0.717, 1.165) is 18.4 Å². The summed E-state index contributed by atoms with van der Waals surface area (Å²) in [5.41, 5.74) is 8.05. The Kier molecular flexibility index (Phi) is 3.77. The number of nitrogens with zero attached hydrogens (tertiary/aromatic N) is 1. The molecule has 0 spiro atoms. The first-order valence-corrected chi connectivity index (χ1v) is 9.26. The first kappa shape index (κ1) is 14.6. The first-order chi connectivity index (χ1) is 9.98. The van der Waals surface area contributed by atoms with Gasteiger partial charge in [0, 0.05) is 18.3 Å². The van der Waals surface area contributed by atoms with E-state index in [0.29, 0.717) is 22.7 Å². The molecular weight excluding hydrogens is 304 g/mol. The lowest BCUT2D eigenvalue weighted by atomic mass is 10.2. The lowest BCUT2D eigenvalue weighted by molar-refractivity contribution is 0.399. The van der Waals surface area contributed by atoms with Gasteiger partial charge < -0.3 is 5.73 Å². The van der Waals surface area contributed by atoms with E-state index in [4.69, 9.17) is 5.73 Å². The van der Waals surface area contributed by atoms with Gasteiger partial charge in [-0.15, -0.1) is 0 Å². The minimum Gasteiger partial charge on any atom is -0.399 e. The summed E-state index contributed by atoms with van der Waals surface area (Å²) in [6.45, 7) is 2.24. The van der Waals surface area contributed by atoms with Gasteiger partial charge in [-0.05, 0) is 65.9 Å². The van der Waals surface area contributed by atoms with Crippen LogP contribution in [0.4, 0.5) is 5.69 Å². The summed E-state index contributed by atoms with van der Waals surface area (Å²) in [5, 5.41) is 3.97. The fourth-order valence-corrected chi connectivity index (χ4v) is 4.96. The summed E-state index contributed by atoms with van der Waals surface area (Å²) >= 11 is 1.59. The minimum atomic E-state index is -3.48. The Hall–Kier alpha value is -1.37. The second-order valence-electron chi connectivity index (χ2n) is 5.44. The third kappa shape index (κ3) is 2.97. The number of thiophene rings is 1. The molecule has 1 aromatic heterocycles. The molecule has 0 saturated heterocycles. The number of benzene rings is 1. The van der Waals surface area contributed by atoms with Crippen LogP contribution in [-0.2, 0) is 16.6 Å². The van der Waals surface area contributed by atoms with Crippen molar-refractivity contribution in [3.8, 4) is 0 Å². The summed E-state index contributed by atoms with van der Waals surface area (Å²) in [4.78, 5) is 0.360. The van der Waals surface area contributed by atoms with Crippen LogP contribution < -0.4 is 5.73 Å². The van der Waals surface area contributed by atoms with Crippen molar-refractivity contribution in [1.82, 2.24) is 4.31 Å². The highest BCUT2D eigenvalue weighted by Crippen LogP contribution is 2.34. The van der Waals surface area contributed by atoms with Crippen molar-refractivity contribution in [2.45, 2.75) is 37.2 Å². The molecule has 1 saturated carbocycles. The topological polar surface area (TPSA) is 63.4 Å². The Morgan fingerprint density at radius 1 is 1.33 bits per heavy atom. The van der Waals surface area contributed by atoms with E-state index in [1.807, 2.05) is 16.8 Å². The third-order valence-corrected chi connectivity index (χ3v) is 6.45. The third-order valence-electron chi connectivity index (χ3n) is 3.66. The van der Waals surface area contributed by atoms with Crippen LogP contribution in [0.1, 0.15) is 24.0 Å². The Labute approximate surface area is 129 Å². The van der Waals surface area contributed by atoms with Gasteiger partial charge in [-0.3, -0.25) is 0 Å². The molecule has 0 aliphatic heterocycles. The summed E-state index contributed by atoms with van der Waals surface area (Å²) in [7, 11) is -3.48. The molecule has 2 aromatic rings. The monoisotopic (exact) mass is 322 g/mol. The van der Waals surface area contributed by atoms with Crippen molar-refractivity contribution in [2.75, 3.05) is 5.73 Å². The minimum absolute atomic E-state index is 0.131. The quantitative estimate of drug-likeness (QED) is 0.861. The van der Waals surface area contributed by atoms with Crippen LogP contribution in [0.5, 0.6) is 0 Å². The largest absolute Gasteiger partial charge is 0.399 e. The average molecular weight is 322 g/mol. The van der Waals surface area contributed by atoms with Gasteiger partial charge in [0.25, 0.3) is 0 Å².